The fourth-order valence-electron chi connectivity index (χ4n) is 1.10. The van der Waals surface area contributed by atoms with Gasteiger partial charge in [-0.15, -0.1) is 11.3 Å². The van der Waals surface area contributed by atoms with E-state index in [1.54, 1.807) is 6.92 Å². The highest BCUT2D eigenvalue weighted by Crippen LogP contribution is 2.18. The van der Waals surface area contributed by atoms with Crippen LogP contribution in [-0.4, -0.2) is 16.9 Å². The van der Waals surface area contributed by atoms with E-state index in [0.717, 1.165) is 16.2 Å². The number of carbonyl (C=O) groups is 2. The van der Waals surface area contributed by atoms with Gasteiger partial charge in [0.1, 0.15) is 5.78 Å². The zero-order chi connectivity index (χ0) is 10.6. The van der Waals surface area contributed by atoms with Crippen LogP contribution >= 0.6 is 11.3 Å². The van der Waals surface area contributed by atoms with Gasteiger partial charge in [-0.05, 0) is 25.5 Å². The van der Waals surface area contributed by atoms with Crippen LogP contribution in [0.5, 0.6) is 0 Å². The molecular formula is C10H12O3S. The van der Waals surface area contributed by atoms with Crippen molar-refractivity contribution in [3.05, 3.63) is 21.9 Å². The van der Waals surface area contributed by atoms with Crippen LogP contribution in [0.25, 0.3) is 0 Å². The molecule has 0 saturated heterocycles. The van der Waals surface area contributed by atoms with Crippen LogP contribution < -0.4 is 0 Å². The molecule has 0 aliphatic heterocycles. The highest BCUT2D eigenvalue weighted by atomic mass is 32.1. The molecule has 0 saturated carbocycles. The van der Waals surface area contributed by atoms with Crippen molar-refractivity contribution in [1.82, 2.24) is 0 Å². The molecule has 1 aromatic rings. The summed E-state index contributed by atoms with van der Waals surface area (Å²) >= 11 is 1.47. The number of thiophene rings is 1. The van der Waals surface area contributed by atoms with Crippen molar-refractivity contribution in [2.75, 3.05) is 0 Å². The van der Waals surface area contributed by atoms with Gasteiger partial charge in [-0.3, -0.25) is 4.79 Å². The Kier molecular flexibility index (Phi) is 3.83. The maximum atomic E-state index is 10.7. The SMILES string of the molecule is CC(=O)CCc1ccc(CC(=O)O)s1. The van der Waals surface area contributed by atoms with E-state index in [4.69, 9.17) is 5.11 Å². The summed E-state index contributed by atoms with van der Waals surface area (Å²) in [4.78, 5) is 23.0. The van der Waals surface area contributed by atoms with E-state index in [9.17, 15) is 9.59 Å². The van der Waals surface area contributed by atoms with Gasteiger partial charge in [0.15, 0.2) is 0 Å². The van der Waals surface area contributed by atoms with Gasteiger partial charge in [0, 0.05) is 16.2 Å². The molecule has 0 atom stereocenters. The average Bonchev–Trinajstić information content (AvgIpc) is 2.47. The molecule has 0 fully saturated rings. The van der Waals surface area contributed by atoms with Gasteiger partial charge in [-0.25, -0.2) is 0 Å². The van der Waals surface area contributed by atoms with Crippen LogP contribution in [0.3, 0.4) is 0 Å². The number of ketones is 1. The molecule has 1 N–H and O–H groups in total. The lowest BCUT2D eigenvalue weighted by molar-refractivity contribution is -0.136. The third-order valence-electron chi connectivity index (χ3n) is 1.77. The molecule has 14 heavy (non-hydrogen) atoms. The summed E-state index contributed by atoms with van der Waals surface area (Å²) in [5.74, 6) is -0.650. The molecule has 0 amide bonds. The Morgan fingerprint density at radius 1 is 1.36 bits per heavy atom. The maximum Gasteiger partial charge on any atom is 0.308 e. The van der Waals surface area contributed by atoms with Crippen LogP contribution in [0.2, 0.25) is 0 Å². The van der Waals surface area contributed by atoms with Crippen molar-refractivity contribution in [3.8, 4) is 0 Å². The first-order valence-electron chi connectivity index (χ1n) is 4.37. The molecule has 1 aromatic heterocycles. The van der Waals surface area contributed by atoms with Crippen LogP contribution in [0, 0.1) is 0 Å². The lowest BCUT2D eigenvalue weighted by Gasteiger charge is -1.92. The second-order valence-corrected chi connectivity index (χ2v) is 4.39. The minimum atomic E-state index is -0.815. The average molecular weight is 212 g/mol. The molecule has 0 aliphatic carbocycles. The lowest BCUT2D eigenvalue weighted by atomic mass is 10.2. The standard InChI is InChI=1S/C10H12O3S/c1-7(11)2-3-8-4-5-9(14-8)6-10(12)13/h4-5H,2-3,6H2,1H3,(H,12,13). The van der Waals surface area contributed by atoms with Crippen molar-refractivity contribution in [2.24, 2.45) is 0 Å². The Balaban J connectivity index is 2.50. The second-order valence-electron chi connectivity index (χ2n) is 3.14. The summed E-state index contributed by atoms with van der Waals surface area (Å²) in [5, 5.41) is 8.55. The van der Waals surface area contributed by atoms with Crippen LogP contribution in [-0.2, 0) is 22.4 Å². The summed E-state index contributed by atoms with van der Waals surface area (Å²) < 4.78 is 0. The van der Waals surface area contributed by atoms with E-state index in [2.05, 4.69) is 0 Å². The molecule has 0 radical (unpaired) electrons. The van der Waals surface area contributed by atoms with Gasteiger partial charge < -0.3 is 9.90 Å². The number of Topliss-reactive ketones (excluding diaryl/α,β-unsaturated/α-hetero) is 1. The Bertz CT molecular complexity index is 341. The van der Waals surface area contributed by atoms with Gasteiger partial charge >= 0.3 is 5.97 Å². The summed E-state index contributed by atoms with van der Waals surface area (Å²) in [6.45, 7) is 1.56. The lowest BCUT2D eigenvalue weighted by Crippen LogP contribution is -1.97. The van der Waals surface area contributed by atoms with E-state index >= 15 is 0 Å². The zero-order valence-electron chi connectivity index (χ0n) is 7.95. The van der Waals surface area contributed by atoms with E-state index in [0.29, 0.717) is 6.42 Å². The molecule has 76 valence electrons. The predicted octanol–water partition coefficient (Wildman–Crippen LogP) is 1.90. The van der Waals surface area contributed by atoms with Crippen LogP contribution in [0.1, 0.15) is 23.1 Å². The molecule has 4 heteroatoms. The fraction of sp³-hybridized carbons (Fsp3) is 0.400. The smallest absolute Gasteiger partial charge is 0.308 e. The normalized spacial score (nSPS) is 10.1. The Morgan fingerprint density at radius 3 is 2.57 bits per heavy atom. The van der Waals surface area contributed by atoms with E-state index in [-0.39, 0.29) is 12.2 Å². The molecule has 0 aromatic carbocycles. The van der Waals surface area contributed by atoms with Crippen molar-refractivity contribution in [3.63, 3.8) is 0 Å². The molecule has 0 bridgehead atoms. The third kappa shape index (κ3) is 3.70. The summed E-state index contributed by atoms with van der Waals surface area (Å²) in [6.07, 6.45) is 1.33. The number of carboxylic acid groups (broad SMARTS) is 1. The fourth-order valence-corrected chi connectivity index (χ4v) is 2.11. The molecule has 0 spiro atoms. The molecule has 1 rings (SSSR count). The quantitative estimate of drug-likeness (QED) is 0.811. The van der Waals surface area contributed by atoms with Crippen molar-refractivity contribution in [2.45, 2.75) is 26.2 Å². The summed E-state index contributed by atoms with van der Waals surface area (Å²) in [6, 6.07) is 3.71. The van der Waals surface area contributed by atoms with Crippen molar-refractivity contribution < 1.29 is 14.7 Å². The molecular weight excluding hydrogens is 200 g/mol. The monoisotopic (exact) mass is 212 g/mol. The van der Waals surface area contributed by atoms with Gasteiger partial charge in [0.2, 0.25) is 0 Å². The number of carbonyl (C=O) groups excluding carboxylic acids is 1. The number of rotatable bonds is 5. The zero-order valence-corrected chi connectivity index (χ0v) is 8.76. The Labute approximate surface area is 86.4 Å². The van der Waals surface area contributed by atoms with Crippen molar-refractivity contribution >= 4 is 23.1 Å². The van der Waals surface area contributed by atoms with Gasteiger partial charge in [-0.1, -0.05) is 0 Å². The summed E-state index contributed by atoms with van der Waals surface area (Å²) in [5.41, 5.74) is 0. The molecule has 1 heterocycles. The van der Waals surface area contributed by atoms with Gasteiger partial charge in [-0.2, -0.15) is 0 Å². The first-order valence-corrected chi connectivity index (χ1v) is 5.18. The number of aryl methyl sites for hydroxylation is 1. The van der Waals surface area contributed by atoms with E-state index in [1.807, 2.05) is 12.1 Å². The number of carboxylic acids is 1. The van der Waals surface area contributed by atoms with Gasteiger partial charge in [0.05, 0.1) is 6.42 Å². The molecule has 0 aliphatic rings. The highest BCUT2D eigenvalue weighted by molar-refractivity contribution is 7.12. The van der Waals surface area contributed by atoms with Gasteiger partial charge in [0.25, 0.3) is 0 Å². The number of hydrogen-bond donors (Lipinski definition) is 1. The molecule has 3 nitrogen and oxygen atoms in total. The number of aliphatic carboxylic acids is 1. The third-order valence-corrected chi connectivity index (χ3v) is 2.91. The minimum absolute atomic E-state index is 0.0741. The highest BCUT2D eigenvalue weighted by Gasteiger charge is 2.05. The first-order chi connectivity index (χ1) is 6.58. The number of hydrogen-bond acceptors (Lipinski definition) is 3. The topological polar surface area (TPSA) is 54.4 Å². The Morgan fingerprint density at radius 2 is 2.00 bits per heavy atom. The van der Waals surface area contributed by atoms with Crippen molar-refractivity contribution in [1.29, 1.82) is 0 Å². The van der Waals surface area contributed by atoms with Crippen LogP contribution in [0.4, 0.5) is 0 Å². The molecule has 0 unspecified atom stereocenters. The van der Waals surface area contributed by atoms with Crippen LogP contribution in [0.15, 0.2) is 12.1 Å². The largest absolute Gasteiger partial charge is 0.481 e. The van der Waals surface area contributed by atoms with E-state index < -0.39 is 5.97 Å². The Hall–Kier alpha value is -1.16. The van der Waals surface area contributed by atoms with E-state index in [1.165, 1.54) is 11.3 Å². The second kappa shape index (κ2) is 4.91. The predicted molar refractivity (Wildman–Crippen MR) is 54.7 cm³/mol. The first kappa shape index (κ1) is 10.9. The minimum Gasteiger partial charge on any atom is -0.481 e. The summed E-state index contributed by atoms with van der Waals surface area (Å²) in [7, 11) is 0. The maximum absolute atomic E-state index is 10.7.